The van der Waals surface area contributed by atoms with E-state index in [-0.39, 0.29) is 17.2 Å². The van der Waals surface area contributed by atoms with Crippen molar-refractivity contribution in [1.29, 1.82) is 0 Å². The summed E-state index contributed by atoms with van der Waals surface area (Å²) in [5, 5.41) is 9.88. The summed E-state index contributed by atoms with van der Waals surface area (Å²) in [5.41, 5.74) is 0.665. The van der Waals surface area contributed by atoms with Crippen LogP contribution in [-0.2, 0) is 21.3 Å². The van der Waals surface area contributed by atoms with Gasteiger partial charge in [-0.3, -0.25) is 5.10 Å². The molecule has 0 bridgehead atoms. The zero-order chi connectivity index (χ0) is 14.8. The summed E-state index contributed by atoms with van der Waals surface area (Å²) < 4.78 is 32.1. The Balaban J connectivity index is 2.19. The molecule has 2 heterocycles. The van der Waals surface area contributed by atoms with Crippen molar-refractivity contribution in [1.82, 2.24) is 19.8 Å². The molecule has 1 unspecified atom stereocenters. The standard InChI is InChI=1S/C12H22N4O3S/c1-9(2)13-6-11-7-14-15-12(11)20(17,18)16-4-5-19-10(3)8-16/h7,9-10,13H,4-6,8H2,1-3H3,(H,14,15). The number of nitrogens with zero attached hydrogens (tertiary/aromatic N) is 2. The highest BCUT2D eigenvalue weighted by Crippen LogP contribution is 2.20. The van der Waals surface area contributed by atoms with Crippen molar-refractivity contribution in [2.45, 2.75) is 44.5 Å². The Morgan fingerprint density at radius 1 is 1.60 bits per heavy atom. The maximum atomic E-state index is 12.6. The van der Waals surface area contributed by atoms with Crippen LogP contribution in [0.1, 0.15) is 26.3 Å². The second-order valence-electron chi connectivity index (χ2n) is 5.30. The van der Waals surface area contributed by atoms with Crippen molar-refractivity contribution >= 4 is 10.0 Å². The number of nitrogens with one attached hydrogen (secondary N) is 2. The van der Waals surface area contributed by atoms with Gasteiger partial charge in [0.15, 0.2) is 5.03 Å². The van der Waals surface area contributed by atoms with E-state index in [1.165, 1.54) is 4.31 Å². The molecule has 0 amide bonds. The van der Waals surface area contributed by atoms with Crippen molar-refractivity contribution in [2.24, 2.45) is 0 Å². The Hall–Kier alpha value is -0.960. The predicted octanol–water partition coefficient (Wildman–Crippen LogP) is 0.317. The predicted molar refractivity (Wildman–Crippen MR) is 74.7 cm³/mol. The van der Waals surface area contributed by atoms with Gasteiger partial charge in [0.05, 0.1) is 18.9 Å². The van der Waals surface area contributed by atoms with E-state index in [0.29, 0.717) is 31.8 Å². The van der Waals surface area contributed by atoms with Gasteiger partial charge in [-0.25, -0.2) is 8.42 Å². The van der Waals surface area contributed by atoms with E-state index in [0.717, 1.165) is 0 Å². The third-order valence-corrected chi connectivity index (χ3v) is 5.06. The van der Waals surface area contributed by atoms with Crippen LogP contribution in [0.5, 0.6) is 0 Å². The molecule has 0 radical (unpaired) electrons. The average Bonchev–Trinajstić information content (AvgIpc) is 2.85. The SMILES string of the molecule is CC(C)NCc1cn[nH]c1S(=O)(=O)N1CCOC(C)C1. The molecular weight excluding hydrogens is 280 g/mol. The molecule has 0 saturated carbocycles. The minimum atomic E-state index is -3.53. The fourth-order valence-corrected chi connectivity index (χ4v) is 3.70. The summed E-state index contributed by atoms with van der Waals surface area (Å²) in [4.78, 5) is 0. The number of aromatic amines is 1. The van der Waals surface area contributed by atoms with Crippen LogP contribution in [0.15, 0.2) is 11.2 Å². The van der Waals surface area contributed by atoms with E-state index < -0.39 is 10.0 Å². The third-order valence-electron chi connectivity index (χ3n) is 3.18. The van der Waals surface area contributed by atoms with Gasteiger partial charge in [-0.15, -0.1) is 0 Å². The first-order valence-electron chi connectivity index (χ1n) is 6.78. The lowest BCUT2D eigenvalue weighted by molar-refractivity contribution is 0.0101. The van der Waals surface area contributed by atoms with Crippen molar-refractivity contribution in [3.8, 4) is 0 Å². The fourth-order valence-electron chi connectivity index (χ4n) is 2.10. The molecule has 0 aliphatic carbocycles. The van der Waals surface area contributed by atoms with E-state index in [1.807, 2.05) is 20.8 Å². The van der Waals surface area contributed by atoms with Crippen molar-refractivity contribution in [2.75, 3.05) is 19.7 Å². The van der Waals surface area contributed by atoms with E-state index in [2.05, 4.69) is 15.5 Å². The number of ether oxygens (including phenoxy) is 1. The molecule has 1 aromatic rings. The number of morpholine rings is 1. The molecule has 20 heavy (non-hydrogen) atoms. The summed E-state index contributed by atoms with van der Waals surface area (Å²) in [6.45, 7) is 7.55. The first kappa shape index (κ1) is 15.4. The first-order chi connectivity index (χ1) is 9.41. The normalized spacial score (nSPS) is 21.5. The molecule has 1 atom stereocenters. The van der Waals surface area contributed by atoms with Gasteiger partial charge in [0.1, 0.15) is 0 Å². The van der Waals surface area contributed by atoms with Crippen molar-refractivity contribution < 1.29 is 13.2 Å². The van der Waals surface area contributed by atoms with Crippen LogP contribution >= 0.6 is 0 Å². The van der Waals surface area contributed by atoms with Gasteiger partial charge in [-0.2, -0.15) is 9.40 Å². The Morgan fingerprint density at radius 2 is 2.35 bits per heavy atom. The zero-order valence-electron chi connectivity index (χ0n) is 12.1. The van der Waals surface area contributed by atoms with Gasteiger partial charge in [0, 0.05) is 31.2 Å². The van der Waals surface area contributed by atoms with Gasteiger partial charge in [0.2, 0.25) is 0 Å². The molecule has 0 spiro atoms. The Labute approximate surface area is 119 Å². The number of rotatable bonds is 5. The molecule has 7 nitrogen and oxygen atoms in total. The molecule has 1 saturated heterocycles. The van der Waals surface area contributed by atoms with E-state index in [9.17, 15) is 8.42 Å². The fraction of sp³-hybridized carbons (Fsp3) is 0.750. The van der Waals surface area contributed by atoms with Crippen molar-refractivity contribution in [3.63, 3.8) is 0 Å². The molecule has 1 aliphatic heterocycles. The van der Waals surface area contributed by atoms with Gasteiger partial charge in [-0.1, -0.05) is 13.8 Å². The molecule has 2 N–H and O–H groups in total. The Kier molecular flexibility index (Phi) is 4.79. The van der Waals surface area contributed by atoms with Crippen LogP contribution in [0.3, 0.4) is 0 Å². The van der Waals surface area contributed by atoms with E-state index in [1.54, 1.807) is 6.20 Å². The number of hydrogen-bond acceptors (Lipinski definition) is 5. The molecule has 114 valence electrons. The van der Waals surface area contributed by atoms with Crippen LogP contribution in [0.25, 0.3) is 0 Å². The van der Waals surface area contributed by atoms with Gasteiger partial charge in [-0.05, 0) is 6.92 Å². The first-order valence-corrected chi connectivity index (χ1v) is 8.22. The Morgan fingerprint density at radius 3 is 3.00 bits per heavy atom. The lowest BCUT2D eigenvalue weighted by Gasteiger charge is -2.30. The maximum absolute atomic E-state index is 12.6. The molecule has 1 aromatic heterocycles. The lowest BCUT2D eigenvalue weighted by Crippen LogP contribution is -2.44. The molecular formula is C12H22N4O3S. The lowest BCUT2D eigenvalue weighted by atomic mass is 10.3. The number of aromatic nitrogens is 2. The number of H-pyrrole nitrogens is 1. The van der Waals surface area contributed by atoms with Gasteiger partial charge < -0.3 is 10.1 Å². The van der Waals surface area contributed by atoms with E-state index >= 15 is 0 Å². The molecule has 8 heteroatoms. The van der Waals surface area contributed by atoms with Crippen LogP contribution in [0.2, 0.25) is 0 Å². The minimum absolute atomic E-state index is 0.0846. The highest BCUT2D eigenvalue weighted by molar-refractivity contribution is 7.89. The highest BCUT2D eigenvalue weighted by atomic mass is 32.2. The summed E-state index contributed by atoms with van der Waals surface area (Å²) in [5.74, 6) is 0. The highest BCUT2D eigenvalue weighted by Gasteiger charge is 2.32. The molecule has 1 fully saturated rings. The smallest absolute Gasteiger partial charge is 0.260 e. The van der Waals surface area contributed by atoms with Crippen LogP contribution in [0.4, 0.5) is 0 Å². The van der Waals surface area contributed by atoms with Gasteiger partial charge in [0.25, 0.3) is 10.0 Å². The topological polar surface area (TPSA) is 87.3 Å². The molecule has 2 rings (SSSR count). The summed E-state index contributed by atoms with van der Waals surface area (Å²) in [6, 6.07) is 0.281. The quantitative estimate of drug-likeness (QED) is 0.818. The summed E-state index contributed by atoms with van der Waals surface area (Å²) >= 11 is 0. The van der Waals surface area contributed by atoms with Crippen LogP contribution in [0, 0.1) is 0 Å². The molecule has 0 aromatic carbocycles. The average molecular weight is 302 g/mol. The summed E-state index contributed by atoms with van der Waals surface area (Å²) in [6.07, 6.45) is 1.48. The monoisotopic (exact) mass is 302 g/mol. The second-order valence-corrected chi connectivity index (χ2v) is 7.18. The van der Waals surface area contributed by atoms with Crippen LogP contribution in [-0.4, -0.2) is 54.8 Å². The van der Waals surface area contributed by atoms with Crippen LogP contribution < -0.4 is 5.32 Å². The number of sulfonamides is 1. The zero-order valence-corrected chi connectivity index (χ0v) is 12.9. The van der Waals surface area contributed by atoms with E-state index in [4.69, 9.17) is 4.74 Å². The summed E-state index contributed by atoms with van der Waals surface area (Å²) in [7, 11) is -3.53. The second kappa shape index (κ2) is 6.21. The van der Waals surface area contributed by atoms with Crippen molar-refractivity contribution in [3.05, 3.63) is 11.8 Å². The number of hydrogen-bond donors (Lipinski definition) is 2. The minimum Gasteiger partial charge on any atom is -0.376 e. The largest absolute Gasteiger partial charge is 0.376 e. The third kappa shape index (κ3) is 3.38. The van der Waals surface area contributed by atoms with Gasteiger partial charge >= 0.3 is 0 Å². The Bertz CT molecular complexity index is 541. The molecule has 1 aliphatic rings. The maximum Gasteiger partial charge on any atom is 0.260 e.